The van der Waals surface area contributed by atoms with Crippen LogP contribution < -0.4 is 9.80 Å². The predicted molar refractivity (Wildman–Crippen MR) is 140 cm³/mol. The topological polar surface area (TPSA) is 101 Å². The normalized spacial score (nSPS) is 21.7. The fourth-order valence-corrected chi connectivity index (χ4v) is 4.92. The average molecular weight is 537 g/mol. The summed E-state index contributed by atoms with van der Waals surface area (Å²) in [6.45, 7) is 8.45. The number of halogens is 3. The smallest absolute Gasteiger partial charge is 0.406 e. The van der Waals surface area contributed by atoms with Gasteiger partial charge in [0.25, 0.3) is 0 Å². The lowest BCUT2D eigenvalue weighted by atomic mass is 9.78. The number of hydrogen-bond donors (Lipinski definition) is 1. The van der Waals surface area contributed by atoms with Crippen LogP contribution in [0.1, 0.15) is 44.7 Å². The highest BCUT2D eigenvalue weighted by molar-refractivity contribution is 6.10. The zero-order valence-electron chi connectivity index (χ0n) is 21.7. The van der Waals surface area contributed by atoms with Gasteiger partial charge in [-0.15, -0.1) is 13.2 Å². The van der Waals surface area contributed by atoms with Crippen molar-refractivity contribution in [2.24, 2.45) is 0 Å². The van der Waals surface area contributed by atoms with E-state index in [0.717, 1.165) is 11.0 Å². The molecule has 1 aliphatic heterocycles. The van der Waals surface area contributed by atoms with Crippen LogP contribution >= 0.6 is 0 Å². The van der Waals surface area contributed by atoms with E-state index in [9.17, 15) is 33.6 Å². The molecule has 2 amide bonds. The highest BCUT2D eigenvalue weighted by Gasteiger charge is 2.66. The van der Waals surface area contributed by atoms with Gasteiger partial charge in [0, 0.05) is 16.9 Å². The van der Waals surface area contributed by atoms with E-state index in [2.05, 4.69) is 11.3 Å². The van der Waals surface area contributed by atoms with Crippen molar-refractivity contribution in [3.05, 3.63) is 95.8 Å². The van der Waals surface area contributed by atoms with E-state index in [1.54, 1.807) is 26.0 Å². The Kier molecular flexibility index (Phi) is 8.23. The summed E-state index contributed by atoms with van der Waals surface area (Å²) < 4.78 is 43.0. The molecule has 1 N–H and O–H groups in total. The van der Waals surface area contributed by atoms with E-state index >= 15 is 0 Å². The lowest BCUT2D eigenvalue weighted by Crippen LogP contribution is -2.61. The van der Waals surface area contributed by atoms with Crippen molar-refractivity contribution in [2.75, 3.05) is 9.80 Å². The monoisotopic (exact) mass is 536 g/mol. The summed E-state index contributed by atoms with van der Waals surface area (Å²) in [7, 11) is 0. The van der Waals surface area contributed by atoms with Gasteiger partial charge in [-0.2, -0.15) is 10.5 Å². The number of anilines is 2. The number of hydrogen-bond acceptors (Lipinski definition) is 5. The van der Waals surface area contributed by atoms with Crippen molar-refractivity contribution in [3.63, 3.8) is 0 Å². The molecule has 0 aliphatic carbocycles. The Bertz CT molecular complexity index is 1390. The number of urea groups is 1. The molecule has 2 unspecified atom stereocenters. The van der Waals surface area contributed by atoms with E-state index in [-0.39, 0.29) is 17.7 Å². The molecule has 0 aromatic heterocycles. The Morgan fingerprint density at radius 3 is 1.95 bits per heavy atom. The molecule has 0 spiro atoms. The van der Waals surface area contributed by atoms with Gasteiger partial charge in [-0.1, -0.05) is 32.1 Å². The van der Waals surface area contributed by atoms with E-state index in [1.165, 1.54) is 53.5 Å². The van der Waals surface area contributed by atoms with Crippen LogP contribution in [0.25, 0.3) is 0 Å². The lowest BCUT2D eigenvalue weighted by molar-refractivity contribution is -0.303. The third kappa shape index (κ3) is 5.38. The standard InChI is InChI=1S/C29H27F3N4O3/c1-5-7-23(17-20(3)39-29(30,31)32)28(38)27(4,16-6-2)35(24-12-8-21(18-33)9-13-24)26(37)36(28)25-14-10-22(19-34)11-15-25/h5,7-15,17,38H,3,6,16H2,1-2,4H3/b7-5-,23-17+. The summed E-state index contributed by atoms with van der Waals surface area (Å²) in [6, 6.07) is 15.4. The minimum atomic E-state index is -5.02. The number of allylic oxidation sites excluding steroid dienone is 2. The Morgan fingerprint density at radius 2 is 1.54 bits per heavy atom. The number of ether oxygens (including phenoxy) is 1. The van der Waals surface area contributed by atoms with Gasteiger partial charge in [0.15, 0.2) is 5.72 Å². The molecule has 0 radical (unpaired) electrons. The summed E-state index contributed by atoms with van der Waals surface area (Å²) >= 11 is 0. The number of nitrogens with zero attached hydrogens (tertiary/aromatic N) is 4. The first kappa shape index (κ1) is 29.0. The van der Waals surface area contributed by atoms with Crippen molar-refractivity contribution >= 4 is 17.4 Å². The molecule has 2 aromatic rings. The van der Waals surface area contributed by atoms with Gasteiger partial charge in [-0.05, 0) is 74.9 Å². The Hall–Kier alpha value is -4.54. The molecule has 2 aromatic carbocycles. The van der Waals surface area contributed by atoms with E-state index in [1.807, 2.05) is 19.1 Å². The number of alkyl halides is 3. The number of nitriles is 2. The van der Waals surface area contributed by atoms with E-state index < -0.39 is 29.4 Å². The third-order valence-electron chi connectivity index (χ3n) is 6.51. The number of aliphatic hydroxyl groups is 1. The van der Waals surface area contributed by atoms with Crippen LogP contribution in [0, 0.1) is 22.7 Å². The summed E-state index contributed by atoms with van der Waals surface area (Å²) in [5.74, 6) is -0.785. The van der Waals surface area contributed by atoms with Gasteiger partial charge in [0.1, 0.15) is 5.76 Å². The van der Waals surface area contributed by atoms with Gasteiger partial charge >= 0.3 is 12.4 Å². The second kappa shape index (κ2) is 11.1. The van der Waals surface area contributed by atoms with Crippen LogP contribution in [-0.2, 0) is 4.74 Å². The molecule has 0 bridgehead atoms. The number of rotatable bonds is 8. The van der Waals surface area contributed by atoms with Gasteiger partial charge in [0.2, 0.25) is 0 Å². The van der Waals surface area contributed by atoms with Crippen LogP contribution in [0.4, 0.5) is 29.3 Å². The fourth-order valence-electron chi connectivity index (χ4n) is 4.92. The number of amides is 2. The number of benzene rings is 2. The maximum atomic E-state index is 14.2. The molecule has 39 heavy (non-hydrogen) atoms. The highest BCUT2D eigenvalue weighted by Crippen LogP contribution is 2.51. The quantitative estimate of drug-likeness (QED) is 0.300. The molecule has 7 nitrogen and oxygen atoms in total. The third-order valence-corrected chi connectivity index (χ3v) is 6.51. The molecular formula is C29H27F3N4O3. The summed E-state index contributed by atoms with van der Waals surface area (Å²) in [5, 5.41) is 31.1. The minimum absolute atomic E-state index is 0.0796. The van der Waals surface area contributed by atoms with Gasteiger partial charge in [-0.25, -0.2) is 4.79 Å². The number of carbonyl (C=O) groups excluding carboxylic acids is 1. The Morgan fingerprint density at radius 1 is 1.05 bits per heavy atom. The summed E-state index contributed by atoms with van der Waals surface area (Å²) in [5.41, 5.74) is -2.52. The second-order valence-corrected chi connectivity index (χ2v) is 9.08. The summed E-state index contributed by atoms with van der Waals surface area (Å²) in [6.07, 6.45) is -0.439. The SMILES string of the molecule is C=C(/C=C(\C=C/C)C1(O)N(c2ccc(C#N)cc2)C(=O)N(c2ccc(C#N)cc2)C1(C)CCC)OC(F)(F)F. The molecule has 1 aliphatic rings. The van der Waals surface area contributed by atoms with E-state index in [0.29, 0.717) is 23.2 Å². The fraction of sp³-hybridized carbons (Fsp3) is 0.276. The van der Waals surface area contributed by atoms with E-state index in [4.69, 9.17) is 0 Å². The zero-order valence-corrected chi connectivity index (χ0v) is 21.7. The molecule has 3 rings (SSSR count). The minimum Gasteiger partial charge on any atom is -0.406 e. The van der Waals surface area contributed by atoms with Gasteiger partial charge in [0.05, 0.1) is 28.8 Å². The second-order valence-electron chi connectivity index (χ2n) is 9.08. The first-order valence-corrected chi connectivity index (χ1v) is 12.0. The van der Waals surface area contributed by atoms with Crippen molar-refractivity contribution in [1.82, 2.24) is 0 Å². The predicted octanol–water partition coefficient (Wildman–Crippen LogP) is 6.68. The van der Waals surface area contributed by atoms with Crippen LogP contribution in [0.3, 0.4) is 0 Å². The van der Waals surface area contributed by atoms with Gasteiger partial charge < -0.3 is 9.84 Å². The molecule has 1 fully saturated rings. The molecule has 0 saturated carbocycles. The molecule has 202 valence electrons. The maximum absolute atomic E-state index is 14.2. The van der Waals surface area contributed by atoms with Crippen molar-refractivity contribution in [2.45, 2.75) is 51.2 Å². The lowest BCUT2D eigenvalue weighted by Gasteiger charge is -2.45. The van der Waals surface area contributed by atoms with Crippen molar-refractivity contribution in [1.29, 1.82) is 10.5 Å². The molecule has 10 heteroatoms. The van der Waals surface area contributed by atoms with Crippen molar-refractivity contribution < 1.29 is 27.8 Å². The summed E-state index contributed by atoms with van der Waals surface area (Å²) in [4.78, 5) is 16.7. The molecule has 1 saturated heterocycles. The van der Waals surface area contributed by atoms with Crippen molar-refractivity contribution in [3.8, 4) is 12.1 Å². The number of carbonyl (C=O) groups is 1. The Balaban J connectivity index is 2.36. The highest BCUT2D eigenvalue weighted by atomic mass is 19.4. The largest absolute Gasteiger partial charge is 0.573 e. The zero-order chi connectivity index (χ0) is 29.0. The van der Waals surface area contributed by atoms with Crippen LogP contribution in [0.15, 0.2) is 84.7 Å². The average Bonchev–Trinajstić information content (AvgIpc) is 3.05. The molecular weight excluding hydrogens is 509 g/mol. The van der Waals surface area contributed by atoms with Crippen LogP contribution in [-0.4, -0.2) is 28.8 Å². The van der Waals surface area contributed by atoms with Gasteiger partial charge in [-0.3, -0.25) is 9.80 Å². The molecule has 2 atom stereocenters. The molecule has 1 heterocycles. The van der Waals surface area contributed by atoms with Crippen LogP contribution in [0.5, 0.6) is 0 Å². The first-order chi connectivity index (χ1) is 18.4. The van der Waals surface area contributed by atoms with Crippen LogP contribution in [0.2, 0.25) is 0 Å². The maximum Gasteiger partial charge on any atom is 0.573 e. The first-order valence-electron chi connectivity index (χ1n) is 12.0. The Labute approximate surface area is 224 Å².